The molecule has 0 radical (unpaired) electrons. The number of likely N-dealkylation sites (N-methyl/N-ethyl adjacent to an activating group) is 1. The van der Waals surface area contributed by atoms with Gasteiger partial charge in [0.2, 0.25) is 0 Å². The van der Waals surface area contributed by atoms with E-state index in [9.17, 15) is 13.2 Å². The monoisotopic (exact) mass is 178 g/mol. The Morgan fingerprint density at radius 3 is 2.50 bits per heavy atom. The van der Waals surface area contributed by atoms with Crippen molar-refractivity contribution in [3.05, 3.63) is 23.5 Å². The average molecular weight is 178 g/mol. The van der Waals surface area contributed by atoms with E-state index in [2.05, 4.69) is 0 Å². The molecule has 0 fully saturated rings. The summed E-state index contributed by atoms with van der Waals surface area (Å²) in [5.41, 5.74) is 4.82. The Kier molecular flexibility index (Phi) is 2.04. The van der Waals surface area contributed by atoms with Crippen molar-refractivity contribution in [1.82, 2.24) is 4.90 Å². The van der Waals surface area contributed by atoms with Crippen LogP contribution in [0.5, 0.6) is 0 Å². The van der Waals surface area contributed by atoms with Crippen LogP contribution in [-0.2, 0) is 0 Å². The molecule has 5 heteroatoms. The topological polar surface area (TPSA) is 29.3 Å². The second kappa shape index (κ2) is 2.73. The van der Waals surface area contributed by atoms with Crippen molar-refractivity contribution < 1.29 is 13.2 Å². The molecule has 0 aromatic carbocycles. The summed E-state index contributed by atoms with van der Waals surface area (Å²) in [6, 6.07) is 0. The third-order valence-corrected chi connectivity index (χ3v) is 1.46. The number of nitrogens with zero attached hydrogens (tertiary/aromatic N) is 1. The minimum absolute atomic E-state index is 0.229. The fourth-order valence-corrected chi connectivity index (χ4v) is 1.01. The summed E-state index contributed by atoms with van der Waals surface area (Å²) >= 11 is 0. The van der Waals surface area contributed by atoms with E-state index < -0.39 is 11.7 Å². The Morgan fingerprint density at radius 1 is 1.50 bits per heavy atom. The van der Waals surface area contributed by atoms with Gasteiger partial charge in [-0.3, -0.25) is 0 Å². The lowest BCUT2D eigenvalue weighted by Gasteiger charge is -2.22. The first-order valence-electron chi connectivity index (χ1n) is 3.35. The number of alkyl halides is 3. The zero-order chi connectivity index (χ0) is 9.35. The highest BCUT2D eigenvalue weighted by atomic mass is 19.4. The molecule has 0 aromatic heterocycles. The molecule has 0 saturated heterocycles. The average Bonchev–Trinajstić information content (AvgIpc) is 1.82. The van der Waals surface area contributed by atoms with Gasteiger partial charge < -0.3 is 10.6 Å². The van der Waals surface area contributed by atoms with Gasteiger partial charge in [0.25, 0.3) is 0 Å². The second-order valence-corrected chi connectivity index (χ2v) is 2.72. The van der Waals surface area contributed by atoms with Crippen LogP contribution >= 0.6 is 0 Å². The highest BCUT2D eigenvalue weighted by molar-refractivity contribution is 5.30. The molecular formula is C7H9F3N2. The predicted molar refractivity (Wildman–Crippen MR) is 39.0 cm³/mol. The third kappa shape index (κ3) is 1.93. The van der Waals surface area contributed by atoms with E-state index in [1.807, 2.05) is 0 Å². The van der Waals surface area contributed by atoms with Gasteiger partial charge in [0.1, 0.15) is 0 Å². The minimum Gasteiger partial charge on any atom is -0.401 e. The van der Waals surface area contributed by atoms with Crippen LogP contribution in [-0.4, -0.2) is 24.7 Å². The Hall–Kier alpha value is -1.13. The van der Waals surface area contributed by atoms with E-state index >= 15 is 0 Å². The quantitative estimate of drug-likeness (QED) is 0.604. The van der Waals surface area contributed by atoms with Crippen molar-refractivity contribution in [3.8, 4) is 0 Å². The summed E-state index contributed by atoms with van der Waals surface area (Å²) in [7, 11) is 1.55. The molecule has 1 heterocycles. The summed E-state index contributed by atoms with van der Waals surface area (Å²) in [4.78, 5) is 1.40. The molecule has 0 amide bonds. The number of allylic oxidation sites excluding steroid dienone is 2. The van der Waals surface area contributed by atoms with Gasteiger partial charge in [-0.15, -0.1) is 0 Å². The maximum atomic E-state index is 12.1. The molecule has 0 spiro atoms. The molecule has 1 aliphatic heterocycles. The van der Waals surface area contributed by atoms with E-state index in [4.69, 9.17) is 5.73 Å². The molecule has 2 N–H and O–H groups in total. The van der Waals surface area contributed by atoms with Gasteiger partial charge >= 0.3 is 6.18 Å². The second-order valence-electron chi connectivity index (χ2n) is 2.72. The molecule has 0 aliphatic carbocycles. The predicted octanol–water partition coefficient (Wildman–Crippen LogP) is 1.22. The Morgan fingerprint density at radius 2 is 2.08 bits per heavy atom. The summed E-state index contributed by atoms with van der Waals surface area (Å²) in [6.07, 6.45) is -2.31. The first kappa shape index (κ1) is 8.96. The van der Waals surface area contributed by atoms with Gasteiger partial charge in [0, 0.05) is 18.9 Å². The van der Waals surface area contributed by atoms with E-state index in [-0.39, 0.29) is 5.70 Å². The fourth-order valence-electron chi connectivity index (χ4n) is 1.01. The molecular weight excluding hydrogens is 169 g/mol. The number of nitrogens with two attached hydrogens (primary N) is 1. The van der Waals surface area contributed by atoms with Crippen LogP contribution < -0.4 is 5.73 Å². The first-order chi connectivity index (χ1) is 5.39. The van der Waals surface area contributed by atoms with Gasteiger partial charge in [-0.25, -0.2) is 0 Å². The Labute approximate surface area is 68.1 Å². The van der Waals surface area contributed by atoms with Crippen molar-refractivity contribution in [3.63, 3.8) is 0 Å². The molecule has 0 saturated carbocycles. The van der Waals surface area contributed by atoms with Crippen molar-refractivity contribution in [2.75, 3.05) is 13.6 Å². The minimum atomic E-state index is -4.31. The smallest absolute Gasteiger partial charge is 0.401 e. The van der Waals surface area contributed by atoms with Crippen LogP contribution in [0.15, 0.2) is 23.5 Å². The fraction of sp³-hybridized carbons (Fsp3) is 0.429. The summed E-state index contributed by atoms with van der Waals surface area (Å²) in [6.45, 7) is 0.347. The molecule has 0 aromatic rings. The van der Waals surface area contributed by atoms with Crippen LogP contribution in [0.4, 0.5) is 13.2 Å². The van der Waals surface area contributed by atoms with E-state index in [1.54, 1.807) is 7.05 Å². The third-order valence-electron chi connectivity index (χ3n) is 1.46. The van der Waals surface area contributed by atoms with E-state index in [1.165, 1.54) is 4.90 Å². The lowest BCUT2D eigenvalue weighted by atomic mass is 10.2. The van der Waals surface area contributed by atoms with Gasteiger partial charge in [0.05, 0.1) is 12.1 Å². The number of halogens is 3. The Balaban J connectivity index is 2.91. The van der Waals surface area contributed by atoms with Gasteiger partial charge in [-0.2, -0.15) is 13.2 Å². The van der Waals surface area contributed by atoms with Gasteiger partial charge in [-0.1, -0.05) is 0 Å². The van der Waals surface area contributed by atoms with Crippen molar-refractivity contribution in [2.24, 2.45) is 5.73 Å². The van der Waals surface area contributed by atoms with Crippen molar-refractivity contribution in [1.29, 1.82) is 0 Å². The summed E-state index contributed by atoms with van der Waals surface area (Å²) in [5.74, 6) is 0. The lowest BCUT2D eigenvalue weighted by molar-refractivity contribution is -0.0895. The van der Waals surface area contributed by atoms with Crippen LogP contribution in [0.3, 0.4) is 0 Å². The zero-order valence-corrected chi connectivity index (χ0v) is 6.52. The molecule has 1 aliphatic rings. The maximum Gasteiger partial charge on any atom is 0.417 e. The molecule has 0 atom stereocenters. The summed E-state index contributed by atoms with van der Waals surface area (Å²) in [5, 5.41) is 0. The molecule has 1 rings (SSSR count). The SMILES string of the molecule is CN1C=C(C(F)(F)F)C=C(N)C1. The van der Waals surface area contributed by atoms with Crippen LogP contribution in [0.25, 0.3) is 0 Å². The van der Waals surface area contributed by atoms with Crippen LogP contribution in [0.1, 0.15) is 0 Å². The van der Waals surface area contributed by atoms with Crippen molar-refractivity contribution in [2.45, 2.75) is 6.18 Å². The molecule has 12 heavy (non-hydrogen) atoms. The van der Waals surface area contributed by atoms with Crippen molar-refractivity contribution >= 4 is 0 Å². The Bertz CT molecular complexity index is 240. The highest BCUT2D eigenvalue weighted by Crippen LogP contribution is 2.28. The first-order valence-corrected chi connectivity index (χ1v) is 3.35. The van der Waals surface area contributed by atoms with E-state index in [0.717, 1.165) is 12.3 Å². The highest BCUT2D eigenvalue weighted by Gasteiger charge is 2.33. The van der Waals surface area contributed by atoms with Gasteiger partial charge in [0.15, 0.2) is 0 Å². The van der Waals surface area contributed by atoms with Crippen LogP contribution in [0.2, 0.25) is 0 Å². The number of rotatable bonds is 0. The molecule has 0 unspecified atom stereocenters. The zero-order valence-electron chi connectivity index (χ0n) is 6.52. The largest absolute Gasteiger partial charge is 0.417 e. The number of hydrogen-bond donors (Lipinski definition) is 1. The molecule has 68 valence electrons. The normalized spacial score (nSPS) is 18.8. The summed E-state index contributed by atoms with van der Waals surface area (Å²) < 4.78 is 36.3. The lowest BCUT2D eigenvalue weighted by Crippen LogP contribution is -2.26. The molecule has 2 nitrogen and oxygen atoms in total. The van der Waals surface area contributed by atoms with E-state index in [0.29, 0.717) is 6.54 Å². The number of hydrogen-bond acceptors (Lipinski definition) is 2. The van der Waals surface area contributed by atoms with Gasteiger partial charge in [-0.05, 0) is 6.08 Å². The van der Waals surface area contributed by atoms with Crippen LogP contribution in [0, 0.1) is 0 Å². The molecule has 0 bridgehead atoms. The maximum absolute atomic E-state index is 12.1. The standard InChI is InChI=1S/C7H9F3N2/c1-12-3-5(7(8,9)10)2-6(11)4-12/h2-3H,4,11H2,1H3.